The Kier molecular flexibility index (Phi) is 3.64. The first-order chi connectivity index (χ1) is 9.63. The van der Waals surface area contributed by atoms with Crippen LogP contribution >= 0.6 is 23.8 Å². The van der Waals surface area contributed by atoms with Gasteiger partial charge in [-0.25, -0.2) is 0 Å². The Balaban J connectivity index is 1.75. The average Bonchev–Trinajstić information content (AvgIpc) is 2.83. The van der Waals surface area contributed by atoms with Crippen molar-refractivity contribution in [2.45, 2.75) is 18.9 Å². The second-order valence-corrected chi connectivity index (χ2v) is 5.92. The summed E-state index contributed by atoms with van der Waals surface area (Å²) in [6.45, 7) is 0. The lowest BCUT2D eigenvalue weighted by atomic mass is 10.1. The van der Waals surface area contributed by atoms with Crippen molar-refractivity contribution in [3.8, 4) is 0 Å². The standard InChI is InChI=1S/C16H15ClN2S/c17-14-9-12(16(18)20)5-6-15(14)19-13-7-10-3-1-2-4-11(10)8-13/h1-6,9,13,19H,7-8H2,(H2,18,20). The Morgan fingerprint density at radius 2 is 1.80 bits per heavy atom. The third-order valence-corrected chi connectivity index (χ3v) is 4.21. The SMILES string of the molecule is NC(=S)c1ccc(NC2Cc3ccccc3C2)c(Cl)c1. The van der Waals surface area contributed by atoms with Gasteiger partial charge < -0.3 is 11.1 Å². The van der Waals surface area contributed by atoms with Gasteiger partial charge in [0.25, 0.3) is 0 Å². The summed E-state index contributed by atoms with van der Waals surface area (Å²) in [5.41, 5.74) is 10.2. The molecule has 1 aliphatic carbocycles. The molecule has 20 heavy (non-hydrogen) atoms. The molecule has 102 valence electrons. The molecule has 4 heteroatoms. The molecule has 1 aliphatic rings. The molecule has 3 rings (SSSR count). The number of nitrogens with one attached hydrogen (secondary N) is 1. The summed E-state index contributed by atoms with van der Waals surface area (Å²) >= 11 is 11.2. The zero-order valence-corrected chi connectivity index (χ0v) is 12.5. The van der Waals surface area contributed by atoms with Crippen LogP contribution in [0.25, 0.3) is 0 Å². The van der Waals surface area contributed by atoms with Crippen LogP contribution in [0.15, 0.2) is 42.5 Å². The third kappa shape index (κ3) is 2.65. The number of thiocarbonyl (C=S) groups is 1. The summed E-state index contributed by atoms with van der Waals surface area (Å²) < 4.78 is 0. The number of anilines is 1. The van der Waals surface area contributed by atoms with Crippen LogP contribution < -0.4 is 11.1 Å². The Hall–Kier alpha value is -1.58. The predicted molar refractivity (Wildman–Crippen MR) is 88.6 cm³/mol. The fourth-order valence-electron chi connectivity index (χ4n) is 2.67. The lowest BCUT2D eigenvalue weighted by molar-refractivity contribution is 0.774. The van der Waals surface area contributed by atoms with Crippen molar-refractivity contribution >= 4 is 34.5 Å². The van der Waals surface area contributed by atoms with Gasteiger partial charge in [0, 0.05) is 11.6 Å². The molecule has 0 atom stereocenters. The maximum Gasteiger partial charge on any atom is 0.104 e. The molecule has 0 aromatic heterocycles. The Morgan fingerprint density at radius 1 is 1.15 bits per heavy atom. The van der Waals surface area contributed by atoms with Gasteiger partial charge in [-0.1, -0.05) is 48.1 Å². The van der Waals surface area contributed by atoms with Crippen molar-refractivity contribution in [3.05, 3.63) is 64.2 Å². The second kappa shape index (κ2) is 5.43. The van der Waals surface area contributed by atoms with Crippen molar-refractivity contribution < 1.29 is 0 Å². The number of hydrogen-bond acceptors (Lipinski definition) is 2. The molecule has 0 fully saturated rings. The van der Waals surface area contributed by atoms with Crippen molar-refractivity contribution in [3.63, 3.8) is 0 Å². The zero-order chi connectivity index (χ0) is 14.1. The van der Waals surface area contributed by atoms with Crippen LogP contribution in [0.5, 0.6) is 0 Å². The van der Waals surface area contributed by atoms with E-state index in [1.165, 1.54) is 11.1 Å². The number of benzene rings is 2. The van der Waals surface area contributed by atoms with Crippen LogP contribution in [0.4, 0.5) is 5.69 Å². The molecule has 3 N–H and O–H groups in total. The van der Waals surface area contributed by atoms with Gasteiger partial charge in [-0.2, -0.15) is 0 Å². The number of hydrogen-bond donors (Lipinski definition) is 2. The maximum atomic E-state index is 6.29. The summed E-state index contributed by atoms with van der Waals surface area (Å²) in [5, 5.41) is 4.16. The number of nitrogens with two attached hydrogens (primary N) is 1. The molecule has 0 saturated heterocycles. The van der Waals surface area contributed by atoms with Crippen LogP contribution in [-0.4, -0.2) is 11.0 Å². The molecular weight excluding hydrogens is 288 g/mol. The van der Waals surface area contributed by atoms with Gasteiger partial charge in [0.05, 0.1) is 10.7 Å². The lowest BCUT2D eigenvalue weighted by Gasteiger charge is -2.15. The molecular formula is C16H15ClN2S. The predicted octanol–water partition coefficient (Wildman–Crippen LogP) is 3.55. The van der Waals surface area contributed by atoms with Gasteiger partial charge in [0.15, 0.2) is 0 Å². The monoisotopic (exact) mass is 302 g/mol. The zero-order valence-electron chi connectivity index (χ0n) is 10.9. The van der Waals surface area contributed by atoms with E-state index in [2.05, 4.69) is 29.6 Å². The first-order valence-corrected chi connectivity index (χ1v) is 7.35. The maximum absolute atomic E-state index is 6.29. The van der Waals surface area contributed by atoms with Crippen LogP contribution in [0, 0.1) is 0 Å². The normalized spacial score (nSPS) is 14.1. The average molecular weight is 303 g/mol. The highest BCUT2D eigenvalue weighted by Crippen LogP contribution is 2.28. The summed E-state index contributed by atoms with van der Waals surface area (Å²) in [6, 6.07) is 14.6. The highest BCUT2D eigenvalue weighted by Gasteiger charge is 2.21. The minimum Gasteiger partial charge on any atom is -0.389 e. The number of halogens is 1. The van der Waals surface area contributed by atoms with E-state index in [1.807, 2.05) is 18.2 Å². The van der Waals surface area contributed by atoms with E-state index in [-0.39, 0.29) is 0 Å². The molecule has 0 amide bonds. The van der Waals surface area contributed by atoms with Crippen LogP contribution in [0.3, 0.4) is 0 Å². The summed E-state index contributed by atoms with van der Waals surface area (Å²) in [5.74, 6) is 0. The van der Waals surface area contributed by atoms with Gasteiger partial charge in [0.2, 0.25) is 0 Å². The lowest BCUT2D eigenvalue weighted by Crippen LogP contribution is -2.20. The van der Waals surface area contributed by atoms with Crippen molar-refractivity contribution in [1.29, 1.82) is 0 Å². The van der Waals surface area contributed by atoms with E-state index in [0.717, 1.165) is 24.1 Å². The van der Waals surface area contributed by atoms with Crippen LogP contribution in [0.2, 0.25) is 5.02 Å². The van der Waals surface area contributed by atoms with Crippen molar-refractivity contribution in [2.24, 2.45) is 5.73 Å². The Labute approximate surface area is 128 Å². The Bertz CT molecular complexity index is 644. The third-order valence-electron chi connectivity index (χ3n) is 3.66. The van der Waals surface area contributed by atoms with E-state index >= 15 is 0 Å². The van der Waals surface area contributed by atoms with Crippen molar-refractivity contribution in [1.82, 2.24) is 0 Å². The van der Waals surface area contributed by atoms with E-state index < -0.39 is 0 Å². The molecule has 0 heterocycles. The minimum absolute atomic E-state index is 0.367. The molecule has 0 radical (unpaired) electrons. The minimum atomic E-state index is 0.367. The van der Waals surface area contributed by atoms with Gasteiger partial charge in [-0.15, -0.1) is 0 Å². The fourth-order valence-corrected chi connectivity index (χ4v) is 3.03. The molecule has 0 aliphatic heterocycles. The fraction of sp³-hybridized carbons (Fsp3) is 0.188. The smallest absolute Gasteiger partial charge is 0.104 e. The Morgan fingerprint density at radius 3 is 2.35 bits per heavy atom. The van der Waals surface area contributed by atoms with E-state index in [0.29, 0.717) is 16.1 Å². The van der Waals surface area contributed by atoms with Gasteiger partial charge in [-0.3, -0.25) is 0 Å². The van der Waals surface area contributed by atoms with Crippen molar-refractivity contribution in [2.75, 3.05) is 5.32 Å². The molecule has 2 aromatic rings. The highest BCUT2D eigenvalue weighted by atomic mass is 35.5. The molecule has 0 unspecified atom stereocenters. The highest BCUT2D eigenvalue weighted by molar-refractivity contribution is 7.80. The molecule has 0 spiro atoms. The quantitative estimate of drug-likeness (QED) is 0.852. The summed E-state index contributed by atoms with van der Waals surface area (Å²) in [4.78, 5) is 0.367. The van der Waals surface area contributed by atoms with Crippen LogP contribution in [-0.2, 0) is 12.8 Å². The molecule has 2 nitrogen and oxygen atoms in total. The molecule has 0 saturated carbocycles. The molecule has 0 bridgehead atoms. The van der Waals surface area contributed by atoms with E-state index in [4.69, 9.17) is 29.6 Å². The molecule has 2 aromatic carbocycles. The summed E-state index contributed by atoms with van der Waals surface area (Å²) in [7, 11) is 0. The number of fused-ring (bicyclic) bond motifs is 1. The first-order valence-electron chi connectivity index (χ1n) is 6.56. The van der Waals surface area contributed by atoms with E-state index in [1.54, 1.807) is 0 Å². The largest absolute Gasteiger partial charge is 0.389 e. The van der Waals surface area contributed by atoms with Gasteiger partial charge in [-0.05, 0) is 42.2 Å². The summed E-state index contributed by atoms with van der Waals surface area (Å²) in [6.07, 6.45) is 2.06. The van der Waals surface area contributed by atoms with E-state index in [9.17, 15) is 0 Å². The van der Waals surface area contributed by atoms with Crippen LogP contribution in [0.1, 0.15) is 16.7 Å². The first kappa shape index (κ1) is 13.4. The van der Waals surface area contributed by atoms with Gasteiger partial charge >= 0.3 is 0 Å². The second-order valence-electron chi connectivity index (χ2n) is 5.08. The topological polar surface area (TPSA) is 38.0 Å². The van der Waals surface area contributed by atoms with Gasteiger partial charge in [0.1, 0.15) is 4.99 Å². The number of rotatable bonds is 3.